The Balaban J connectivity index is 1.87. The van der Waals surface area contributed by atoms with Crippen molar-refractivity contribution in [1.29, 1.82) is 5.41 Å². The number of rotatable bonds is 2. The summed E-state index contributed by atoms with van der Waals surface area (Å²) in [5.74, 6) is 0.0823. The number of nitrogens with one attached hydrogen (secondary N) is 1. The van der Waals surface area contributed by atoms with E-state index in [0.29, 0.717) is 24.5 Å². The van der Waals surface area contributed by atoms with E-state index in [1.807, 2.05) is 24.0 Å². The maximum atomic E-state index is 13.2. The van der Waals surface area contributed by atoms with Gasteiger partial charge < -0.3 is 4.90 Å². The molecule has 2 heterocycles. The molecule has 0 aliphatic carbocycles. The Hall–Kier alpha value is -2.23. The zero-order valence-electron chi connectivity index (χ0n) is 10.7. The van der Waals surface area contributed by atoms with Crippen molar-refractivity contribution >= 4 is 5.84 Å². The van der Waals surface area contributed by atoms with Crippen LogP contribution in [0.1, 0.15) is 22.4 Å². The van der Waals surface area contributed by atoms with E-state index >= 15 is 0 Å². The van der Waals surface area contributed by atoms with Crippen LogP contribution in [0.25, 0.3) is 0 Å². The van der Waals surface area contributed by atoms with Crippen molar-refractivity contribution in [2.45, 2.75) is 20.0 Å². The largest absolute Gasteiger partial charge is 0.346 e. The third-order valence-electron chi connectivity index (χ3n) is 3.46. The minimum Gasteiger partial charge on any atom is -0.346 e. The number of pyridine rings is 1. The molecule has 1 aliphatic rings. The van der Waals surface area contributed by atoms with Crippen LogP contribution in [0.3, 0.4) is 0 Å². The molecule has 96 valence electrons. The van der Waals surface area contributed by atoms with E-state index in [2.05, 4.69) is 4.98 Å². The highest BCUT2D eigenvalue weighted by molar-refractivity contribution is 6.00. The summed E-state index contributed by atoms with van der Waals surface area (Å²) in [6.45, 7) is 3.24. The number of hydrogen-bond donors (Lipinski definition) is 1. The molecule has 0 saturated heterocycles. The van der Waals surface area contributed by atoms with Gasteiger partial charge in [-0.15, -0.1) is 0 Å². The fourth-order valence-corrected chi connectivity index (χ4v) is 2.36. The molecule has 1 aliphatic heterocycles. The van der Waals surface area contributed by atoms with Crippen molar-refractivity contribution in [1.82, 2.24) is 9.88 Å². The van der Waals surface area contributed by atoms with Gasteiger partial charge in [0.05, 0.1) is 12.2 Å². The minimum atomic E-state index is -0.292. The van der Waals surface area contributed by atoms with Gasteiger partial charge in [0.2, 0.25) is 0 Å². The summed E-state index contributed by atoms with van der Waals surface area (Å²) in [4.78, 5) is 6.26. The molecular weight excluding hydrogens is 241 g/mol. The number of aryl methyl sites for hydroxylation is 1. The zero-order chi connectivity index (χ0) is 13.4. The first-order chi connectivity index (χ1) is 9.15. The van der Waals surface area contributed by atoms with Crippen LogP contribution in [0.2, 0.25) is 0 Å². The van der Waals surface area contributed by atoms with Crippen molar-refractivity contribution in [3.63, 3.8) is 0 Å². The summed E-state index contributed by atoms with van der Waals surface area (Å²) >= 11 is 0. The van der Waals surface area contributed by atoms with Crippen LogP contribution in [0.5, 0.6) is 0 Å². The van der Waals surface area contributed by atoms with Gasteiger partial charge >= 0.3 is 0 Å². The Morgan fingerprint density at radius 1 is 1.37 bits per heavy atom. The van der Waals surface area contributed by atoms with Crippen molar-refractivity contribution in [2.75, 3.05) is 0 Å². The zero-order valence-corrected chi connectivity index (χ0v) is 10.7. The number of fused-ring (bicyclic) bond motifs is 1. The van der Waals surface area contributed by atoms with Gasteiger partial charge in [-0.05, 0) is 36.2 Å². The average Bonchev–Trinajstić information content (AvgIpc) is 2.70. The average molecular weight is 255 g/mol. The van der Waals surface area contributed by atoms with Gasteiger partial charge in [-0.25, -0.2) is 4.39 Å². The molecule has 0 bridgehead atoms. The molecule has 1 N–H and O–H groups in total. The standard InChI is InChI=1S/C15H14FN3/c1-10-3-2-6-18-14(10)9-19-8-11-4-5-12(16)7-13(11)15(19)17/h2-7,17H,8-9H2,1H3. The number of amidine groups is 1. The summed E-state index contributed by atoms with van der Waals surface area (Å²) in [6, 6.07) is 8.54. The van der Waals surface area contributed by atoms with Gasteiger partial charge in [-0.3, -0.25) is 10.4 Å². The first-order valence-corrected chi connectivity index (χ1v) is 6.18. The van der Waals surface area contributed by atoms with Gasteiger partial charge in [0, 0.05) is 18.3 Å². The number of aromatic nitrogens is 1. The fraction of sp³-hybridized carbons (Fsp3) is 0.200. The minimum absolute atomic E-state index is 0.292. The molecule has 0 saturated carbocycles. The third kappa shape index (κ3) is 2.10. The molecule has 1 aromatic heterocycles. The van der Waals surface area contributed by atoms with Crippen LogP contribution in [0.15, 0.2) is 36.5 Å². The Kier molecular flexibility index (Phi) is 2.78. The molecule has 0 fully saturated rings. The predicted molar refractivity (Wildman–Crippen MR) is 71.4 cm³/mol. The lowest BCUT2D eigenvalue weighted by atomic mass is 10.1. The van der Waals surface area contributed by atoms with Crippen molar-refractivity contribution < 1.29 is 4.39 Å². The van der Waals surface area contributed by atoms with E-state index in [1.165, 1.54) is 12.1 Å². The Labute approximate surface area is 111 Å². The normalized spacial score (nSPS) is 13.8. The number of hydrogen-bond acceptors (Lipinski definition) is 2. The number of benzene rings is 1. The predicted octanol–water partition coefficient (Wildman–Crippen LogP) is 2.87. The Bertz CT molecular complexity index is 652. The summed E-state index contributed by atoms with van der Waals surface area (Å²) < 4.78 is 13.2. The molecule has 0 atom stereocenters. The molecule has 0 radical (unpaired) electrons. The summed E-state index contributed by atoms with van der Waals surface area (Å²) in [5.41, 5.74) is 3.76. The summed E-state index contributed by atoms with van der Waals surface area (Å²) in [5, 5.41) is 8.14. The summed E-state index contributed by atoms with van der Waals surface area (Å²) in [7, 11) is 0. The van der Waals surface area contributed by atoms with E-state index in [-0.39, 0.29) is 5.82 Å². The topological polar surface area (TPSA) is 40.0 Å². The van der Waals surface area contributed by atoms with E-state index < -0.39 is 0 Å². The second kappa shape index (κ2) is 4.46. The maximum Gasteiger partial charge on any atom is 0.129 e. The van der Waals surface area contributed by atoms with Crippen LogP contribution >= 0.6 is 0 Å². The summed E-state index contributed by atoms with van der Waals surface area (Å²) in [6.07, 6.45) is 1.76. The van der Waals surface area contributed by atoms with E-state index in [4.69, 9.17) is 5.41 Å². The second-order valence-corrected chi connectivity index (χ2v) is 4.77. The lowest BCUT2D eigenvalue weighted by Crippen LogP contribution is -2.24. The maximum absolute atomic E-state index is 13.2. The molecule has 3 nitrogen and oxygen atoms in total. The van der Waals surface area contributed by atoms with Crippen LogP contribution < -0.4 is 0 Å². The highest BCUT2D eigenvalue weighted by Crippen LogP contribution is 2.25. The molecule has 0 unspecified atom stereocenters. The Morgan fingerprint density at radius 3 is 3.00 bits per heavy atom. The first-order valence-electron chi connectivity index (χ1n) is 6.18. The Morgan fingerprint density at radius 2 is 2.21 bits per heavy atom. The molecule has 0 spiro atoms. The molecule has 1 aromatic carbocycles. The highest BCUT2D eigenvalue weighted by Gasteiger charge is 2.25. The smallest absolute Gasteiger partial charge is 0.129 e. The molecule has 2 aromatic rings. The van der Waals surface area contributed by atoms with Gasteiger partial charge in [0.15, 0.2) is 0 Å². The van der Waals surface area contributed by atoms with E-state index in [9.17, 15) is 4.39 Å². The monoisotopic (exact) mass is 255 g/mol. The third-order valence-corrected chi connectivity index (χ3v) is 3.46. The first kappa shape index (κ1) is 11.8. The molecule has 19 heavy (non-hydrogen) atoms. The second-order valence-electron chi connectivity index (χ2n) is 4.77. The van der Waals surface area contributed by atoms with Crippen LogP contribution in [-0.2, 0) is 13.1 Å². The van der Waals surface area contributed by atoms with Gasteiger partial charge in [-0.1, -0.05) is 12.1 Å². The fourth-order valence-electron chi connectivity index (χ4n) is 2.36. The van der Waals surface area contributed by atoms with Gasteiger partial charge in [0.1, 0.15) is 11.7 Å². The van der Waals surface area contributed by atoms with E-state index in [1.54, 1.807) is 12.3 Å². The van der Waals surface area contributed by atoms with Crippen molar-refractivity contribution in [3.8, 4) is 0 Å². The number of nitrogens with zero attached hydrogens (tertiary/aromatic N) is 2. The number of halogens is 1. The molecule has 3 rings (SSSR count). The quantitative estimate of drug-likeness (QED) is 0.896. The van der Waals surface area contributed by atoms with Gasteiger partial charge in [-0.2, -0.15) is 0 Å². The van der Waals surface area contributed by atoms with Gasteiger partial charge in [0.25, 0.3) is 0 Å². The lowest BCUT2D eigenvalue weighted by molar-refractivity contribution is 0.415. The molecule has 0 amide bonds. The van der Waals surface area contributed by atoms with Crippen molar-refractivity contribution in [3.05, 3.63) is 64.7 Å². The SMILES string of the molecule is Cc1cccnc1CN1Cc2ccc(F)cc2C1=N. The van der Waals surface area contributed by atoms with E-state index in [0.717, 1.165) is 16.8 Å². The van der Waals surface area contributed by atoms with Crippen LogP contribution in [0, 0.1) is 18.2 Å². The van der Waals surface area contributed by atoms with Crippen LogP contribution in [0.4, 0.5) is 4.39 Å². The van der Waals surface area contributed by atoms with Crippen LogP contribution in [-0.4, -0.2) is 15.7 Å². The molecular formula is C15H14FN3. The molecule has 4 heteroatoms. The highest BCUT2D eigenvalue weighted by atomic mass is 19.1. The lowest BCUT2D eigenvalue weighted by Gasteiger charge is -2.18. The van der Waals surface area contributed by atoms with Crippen molar-refractivity contribution in [2.24, 2.45) is 0 Å².